The predicted octanol–water partition coefficient (Wildman–Crippen LogP) is 2.62. The summed E-state index contributed by atoms with van der Waals surface area (Å²) in [4.78, 5) is 14.0. The molecule has 3 nitrogen and oxygen atoms in total. The summed E-state index contributed by atoms with van der Waals surface area (Å²) < 4.78 is 0. The SMILES string of the molecule is CCc1ccccc1C(=O)N(CC)CCC#N. The van der Waals surface area contributed by atoms with Crippen LogP contribution in [0.4, 0.5) is 0 Å². The number of hydrogen-bond acceptors (Lipinski definition) is 2. The van der Waals surface area contributed by atoms with Gasteiger partial charge in [-0.15, -0.1) is 0 Å². The van der Waals surface area contributed by atoms with Gasteiger partial charge in [0.25, 0.3) is 5.91 Å². The van der Waals surface area contributed by atoms with E-state index >= 15 is 0 Å². The molecule has 0 bridgehead atoms. The molecule has 1 rings (SSSR count). The molecule has 0 N–H and O–H groups in total. The minimum Gasteiger partial charge on any atom is -0.338 e. The van der Waals surface area contributed by atoms with Crippen LogP contribution >= 0.6 is 0 Å². The van der Waals surface area contributed by atoms with Crippen LogP contribution in [0.1, 0.15) is 36.2 Å². The van der Waals surface area contributed by atoms with E-state index in [1.807, 2.05) is 38.1 Å². The number of hydrogen-bond donors (Lipinski definition) is 0. The van der Waals surface area contributed by atoms with Crippen molar-refractivity contribution in [1.82, 2.24) is 4.90 Å². The molecule has 0 heterocycles. The van der Waals surface area contributed by atoms with E-state index in [1.165, 1.54) is 0 Å². The van der Waals surface area contributed by atoms with E-state index in [4.69, 9.17) is 5.26 Å². The minimum atomic E-state index is 0.0280. The van der Waals surface area contributed by atoms with Crippen molar-refractivity contribution in [3.05, 3.63) is 35.4 Å². The summed E-state index contributed by atoms with van der Waals surface area (Å²) in [6.07, 6.45) is 1.23. The monoisotopic (exact) mass is 230 g/mol. The van der Waals surface area contributed by atoms with Crippen LogP contribution in [0.2, 0.25) is 0 Å². The first-order chi connectivity index (χ1) is 8.24. The van der Waals surface area contributed by atoms with Crippen LogP contribution in [0.5, 0.6) is 0 Å². The van der Waals surface area contributed by atoms with Gasteiger partial charge in [-0.05, 0) is 25.0 Å². The number of aryl methyl sites for hydroxylation is 1. The van der Waals surface area contributed by atoms with E-state index in [2.05, 4.69) is 6.07 Å². The van der Waals surface area contributed by atoms with Crippen LogP contribution < -0.4 is 0 Å². The Balaban J connectivity index is 2.90. The Bertz CT molecular complexity index is 420. The Morgan fingerprint density at radius 3 is 2.65 bits per heavy atom. The summed E-state index contributed by atoms with van der Waals surface area (Å²) in [5, 5.41) is 8.58. The first-order valence-electron chi connectivity index (χ1n) is 5.98. The Labute approximate surface area is 103 Å². The van der Waals surface area contributed by atoms with Crippen molar-refractivity contribution >= 4 is 5.91 Å². The molecule has 0 aliphatic rings. The van der Waals surface area contributed by atoms with Crippen molar-refractivity contribution in [2.45, 2.75) is 26.7 Å². The van der Waals surface area contributed by atoms with E-state index in [0.717, 1.165) is 17.5 Å². The minimum absolute atomic E-state index is 0.0280. The maximum atomic E-state index is 12.3. The van der Waals surface area contributed by atoms with Crippen LogP contribution in [0.3, 0.4) is 0 Å². The summed E-state index contributed by atoms with van der Waals surface area (Å²) in [5.41, 5.74) is 1.82. The molecule has 0 aliphatic heterocycles. The smallest absolute Gasteiger partial charge is 0.254 e. The van der Waals surface area contributed by atoms with Crippen molar-refractivity contribution in [3.63, 3.8) is 0 Å². The van der Waals surface area contributed by atoms with Crippen LogP contribution in [0.15, 0.2) is 24.3 Å². The van der Waals surface area contributed by atoms with Crippen molar-refractivity contribution in [2.75, 3.05) is 13.1 Å². The van der Waals surface area contributed by atoms with Crippen molar-refractivity contribution in [3.8, 4) is 6.07 Å². The maximum Gasteiger partial charge on any atom is 0.254 e. The highest BCUT2D eigenvalue weighted by atomic mass is 16.2. The van der Waals surface area contributed by atoms with Gasteiger partial charge in [0.1, 0.15) is 0 Å². The van der Waals surface area contributed by atoms with Gasteiger partial charge in [0, 0.05) is 18.7 Å². The fourth-order valence-corrected chi connectivity index (χ4v) is 1.80. The van der Waals surface area contributed by atoms with Crippen LogP contribution in [-0.2, 0) is 6.42 Å². The molecule has 0 unspecified atom stereocenters. The zero-order chi connectivity index (χ0) is 12.7. The van der Waals surface area contributed by atoms with Crippen molar-refractivity contribution in [1.29, 1.82) is 5.26 Å². The lowest BCUT2D eigenvalue weighted by Gasteiger charge is -2.20. The van der Waals surface area contributed by atoms with Gasteiger partial charge >= 0.3 is 0 Å². The summed E-state index contributed by atoms with van der Waals surface area (Å²) >= 11 is 0. The van der Waals surface area contributed by atoms with Gasteiger partial charge in [-0.3, -0.25) is 4.79 Å². The first-order valence-corrected chi connectivity index (χ1v) is 5.98. The van der Waals surface area contributed by atoms with Crippen LogP contribution in [0.25, 0.3) is 0 Å². The second-order valence-corrected chi connectivity index (χ2v) is 3.80. The van der Waals surface area contributed by atoms with Crippen LogP contribution in [-0.4, -0.2) is 23.9 Å². The Hall–Kier alpha value is -1.82. The Kier molecular flexibility index (Phi) is 5.22. The molecule has 17 heavy (non-hydrogen) atoms. The normalized spacial score (nSPS) is 9.71. The highest BCUT2D eigenvalue weighted by Crippen LogP contribution is 2.12. The zero-order valence-electron chi connectivity index (χ0n) is 10.4. The third kappa shape index (κ3) is 3.32. The molecule has 0 spiro atoms. The Morgan fingerprint density at radius 2 is 2.06 bits per heavy atom. The molecule has 1 aromatic rings. The highest BCUT2D eigenvalue weighted by Gasteiger charge is 2.15. The van der Waals surface area contributed by atoms with Gasteiger partial charge in [0.15, 0.2) is 0 Å². The number of benzene rings is 1. The van der Waals surface area contributed by atoms with Crippen molar-refractivity contribution < 1.29 is 4.79 Å². The fraction of sp³-hybridized carbons (Fsp3) is 0.429. The lowest BCUT2D eigenvalue weighted by atomic mass is 10.0. The van der Waals surface area contributed by atoms with E-state index in [9.17, 15) is 4.79 Å². The highest BCUT2D eigenvalue weighted by molar-refractivity contribution is 5.95. The first kappa shape index (κ1) is 13.2. The number of nitrogens with zero attached hydrogens (tertiary/aromatic N) is 2. The topological polar surface area (TPSA) is 44.1 Å². The second kappa shape index (κ2) is 6.70. The molecule has 0 aliphatic carbocycles. The fourth-order valence-electron chi connectivity index (χ4n) is 1.80. The molecule has 3 heteroatoms. The van der Waals surface area contributed by atoms with Crippen molar-refractivity contribution in [2.24, 2.45) is 0 Å². The zero-order valence-corrected chi connectivity index (χ0v) is 10.4. The Morgan fingerprint density at radius 1 is 1.35 bits per heavy atom. The van der Waals surface area contributed by atoms with E-state index in [1.54, 1.807) is 4.90 Å². The number of carbonyl (C=O) groups is 1. The molecule has 0 atom stereocenters. The van der Waals surface area contributed by atoms with Gasteiger partial charge in [-0.25, -0.2) is 0 Å². The average molecular weight is 230 g/mol. The van der Waals surface area contributed by atoms with Gasteiger partial charge in [0.2, 0.25) is 0 Å². The van der Waals surface area contributed by atoms with Gasteiger partial charge in [-0.1, -0.05) is 25.1 Å². The predicted molar refractivity (Wildman–Crippen MR) is 67.6 cm³/mol. The number of rotatable bonds is 5. The third-order valence-corrected chi connectivity index (χ3v) is 2.79. The number of amides is 1. The van der Waals surface area contributed by atoms with E-state index in [0.29, 0.717) is 19.5 Å². The molecule has 1 amide bonds. The molecule has 90 valence electrons. The lowest BCUT2D eigenvalue weighted by molar-refractivity contribution is 0.0767. The summed E-state index contributed by atoms with van der Waals surface area (Å²) in [6.45, 7) is 5.12. The van der Waals surface area contributed by atoms with E-state index < -0.39 is 0 Å². The lowest BCUT2D eigenvalue weighted by Crippen LogP contribution is -2.32. The molecule has 0 fully saturated rings. The molecule has 0 saturated carbocycles. The van der Waals surface area contributed by atoms with Crippen LogP contribution in [0, 0.1) is 11.3 Å². The summed E-state index contributed by atoms with van der Waals surface area (Å²) in [7, 11) is 0. The van der Waals surface area contributed by atoms with Gasteiger partial charge < -0.3 is 4.90 Å². The summed E-state index contributed by atoms with van der Waals surface area (Å²) in [6, 6.07) is 9.73. The van der Waals surface area contributed by atoms with E-state index in [-0.39, 0.29) is 5.91 Å². The number of nitriles is 1. The largest absolute Gasteiger partial charge is 0.338 e. The maximum absolute atomic E-state index is 12.3. The molecular weight excluding hydrogens is 212 g/mol. The molecule has 0 saturated heterocycles. The average Bonchev–Trinajstić information content (AvgIpc) is 2.39. The van der Waals surface area contributed by atoms with Gasteiger partial charge in [-0.2, -0.15) is 5.26 Å². The molecular formula is C14H18N2O. The third-order valence-electron chi connectivity index (χ3n) is 2.79. The molecule has 0 aromatic heterocycles. The summed E-state index contributed by atoms with van der Waals surface area (Å²) in [5.74, 6) is 0.0280. The quantitative estimate of drug-likeness (QED) is 0.780. The second-order valence-electron chi connectivity index (χ2n) is 3.80. The number of carbonyl (C=O) groups excluding carboxylic acids is 1. The molecule has 0 radical (unpaired) electrons. The van der Waals surface area contributed by atoms with Gasteiger partial charge in [0.05, 0.1) is 12.5 Å². The molecule has 1 aromatic carbocycles. The standard InChI is InChI=1S/C14H18N2O/c1-3-12-8-5-6-9-13(12)14(17)16(4-2)11-7-10-15/h5-6,8-9H,3-4,7,11H2,1-2H3.